The van der Waals surface area contributed by atoms with Crippen LogP contribution in [0.4, 0.5) is 0 Å². The fraction of sp³-hybridized carbons (Fsp3) is 0.538. The molecular weight excluding hydrogens is 266 g/mol. The summed E-state index contributed by atoms with van der Waals surface area (Å²) in [5, 5.41) is 3.35. The Labute approximate surface area is 107 Å². The molecule has 1 N–H and O–H groups in total. The van der Waals surface area contributed by atoms with Gasteiger partial charge in [0, 0.05) is 18.1 Å². The molecule has 0 heterocycles. The van der Waals surface area contributed by atoms with E-state index in [0.717, 1.165) is 24.2 Å². The van der Waals surface area contributed by atoms with Crippen LogP contribution >= 0.6 is 15.9 Å². The number of hydrogen-bond donors (Lipinski definition) is 1. The fourth-order valence-corrected chi connectivity index (χ4v) is 1.79. The van der Waals surface area contributed by atoms with Gasteiger partial charge in [-0.2, -0.15) is 0 Å². The smallest absolute Gasteiger partial charge is 0.0587 e. The zero-order valence-corrected chi connectivity index (χ0v) is 11.4. The molecule has 0 radical (unpaired) electrons. The largest absolute Gasteiger partial charge is 0.383 e. The zero-order valence-electron chi connectivity index (χ0n) is 9.84. The van der Waals surface area contributed by atoms with Crippen molar-refractivity contribution in [3.8, 4) is 0 Å². The number of rotatable bonds is 8. The number of aryl methyl sites for hydroxylation is 1. The lowest BCUT2D eigenvalue weighted by atomic mass is 10.1. The van der Waals surface area contributed by atoms with Crippen LogP contribution in [0.15, 0.2) is 28.7 Å². The molecule has 0 unspecified atom stereocenters. The van der Waals surface area contributed by atoms with Crippen molar-refractivity contribution in [1.82, 2.24) is 5.32 Å². The van der Waals surface area contributed by atoms with Crippen molar-refractivity contribution in [2.75, 3.05) is 26.8 Å². The number of nitrogens with one attached hydrogen (secondary N) is 1. The molecule has 0 aliphatic rings. The molecule has 2 nitrogen and oxygen atoms in total. The Morgan fingerprint density at radius 2 is 1.88 bits per heavy atom. The minimum atomic E-state index is 0.798. The maximum Gasteiger partial charge on any atom is 0.0587 e. The van der Waals surface area contributed by atoms with Crippen LogP contribution < -0.4 is 5.32 Å². The Bertz CT molecular complexity index is 274. The molecule has 0 saturated carbocycles. The van der Waals surface area contributed by atoms with Crippen molar-refractivity contribution in [3.63, 3.8) is 0 Å². The van der Waals surface area contributed by atoms with Crippen molar-refractivity contribution in [2.24, 2.45) is 0 Å². The van der Waals surface area contributed by atoms with E-state index in [1.54, 1.807) is 7.11 Å². The number of hydrogen-bond acceptors (Lipinski definition) is 2. The molecule has 1 aromatic rings. The standard InChI is InChI=1S/C13H20BrNO/c1-16-11-10-15-9-3-2-4-12-5-7-13(14)8-6-12/h5-8,15H,2-4,9-11H2,1H3. The number of unbranched alkanes of at least 4 members (excludes halogenated alkanes) is 1. The van der Waals surface area contributed by atoms with Crippen LogP contribution in [0, 0.1) is 0 Å². The van der Waals surface area contributed by atoms with Crippen LogP contribution in [0.1, 0.15) is 18.4 Å². The van der Waals surface area contributed by atoms with Gasteiger partial charge in [0.15, 0.2) is 0 Å². The summed E-state index contributed by atoms with van der Waals surface area (Å²) in [5.74, 6) is 0. The normalized spacial score (nSPS) is 10.6. The van der Waals surface area contributed by atoms with Gasteiger partial charge < -0.3 is 10.1 Å². The third-order valence-corrected chi connectivity index (χ3v) is 2.99. The second kappa shape index (κ2) is 8.74. The highest BCUT2D eigenvalue weighted by atomic mass is 79.9. The van der Waals surface area contributed by atoms with E-state index in [0.29, 0.717) is 0 Å². The van der Waals surface area contributed by atoms with Crippen LogP contribution in [-0.2, 0) is 11.2 Å². The van der Waals surface area contributed by atoms with Crippen LogP contribution in [0.5, 0.6) is 0 Å². The van der Waals surface area contributed by atoms with E-state index in [4.69, 9.17) is 4.74 Å². The lowest BCUT2D eigenvalue weighted by Crippen LogP contribution is -2.20. The number of ether oxygens (including phenoxy) is 1. The summed E-state index contributed by atoms with van der Waals surface area (Å²) in [6.45, 7) is 2.83. The van der Waals surface area contributed by atoms with Gasteiger partial charge in [-0.3, -0.25) is 0 Å². The third kappa shape index (κ3) is 6.26. The molecule has 0 aliphatic carbocycles. The van der Waals surface area contributed by atoms with Crippen molar-refractivity contribution >= 4 is 15.9 Å². The molecule has 0 amide bonds. The van der Waals surface area contributed by atoms with Gasteiger partial charge in [-0.05, 0) is 43.5 Å². The van der Waals surface area contributed by atoms with E-state index < -0.39 is 0 Å². The Kier molecular flexibility index (Phi) is 7.47. The Morgan fingerprint density at radius 3 is 2.56 bits per heavy atom. The molecule has 0 aliphatic heterocycles. The summed E-state index contributed by atoms with van der Waals surface area (Å²) in [6, 6.07) is 8.57. The van der Waals surface area contributed by atoms with E-state index in [1.807, 2.05) is 0 Å². The first-order valence-corrected chi connectivity index (χ1v) is 6.56. The molecule has 16 heavy (non-hydrogen) atoms. The molecule has 3 heteroatoms. The summed E-state index contributed by atoms with van der Waals surface area (Å²) in [6.07, 6.45) is 3.63. The Balaban J connectivity index is 2.01. The van der Waals surface area contributed by atoms with E-state index in [1.165, 1.54) is 24.8 Å². The Morgan fingerprint density at radius 1 is 1.12 bits per heavy atom. The van der Waals surface area contributed by atoms with Gasteiger partial charge in [0.05, 0.1) is 6.61 Å². The molecule has 0 bridgehead atoms. The predicted octanol–water partition coefficient (Wildman–Crippen LogP) is 3.01. The summed E-state index contributed by atoms with van der Waals surface area (Å²) < 4.78 is 6.11. The summed E-state index contributed by atoms with van der Waals surface area (Å²) in [7, 11) is 1.73. The van der Waals surface area contributed by atoms with Gasteiger partial charge in [0.1, 0.15) is 0 Å². The molecule has 0 fully saturated rings. The van der Waals surface area contributed by atoms with Crippen LogP contribution in [0.25, 0.3) is 0 Å². The molecular formula is C13H20BrNO. The first-order valence-electron chi connectivity index (χ1n) is 5.77. The molecule has 1 rings (SSSR count). The van der Waals surface area contributed by atoms with Gasteiger partial charge in [0.25, 0.3) is 0 Å². The monoisotopic (exact) mass is 285 g/mol. The number of methoxy groups -OCH3 is 1. The van der Waals surface area contributed by atoms with Crippen molar-refractivity contribution in [2.45, 2.75) is 19.3 Å². The number of halogens is 1. The maximum atomic E-state index is 4.96. The van der Waals surface area contributed by atoms with Crippen molar-refractivity contribution in [3.05, 3.63) is 34.3 Å². The lowest BCUT2D eigenvalue weighted by molar-refractivity contribution is 0.199. The quantitative estimate of drug-likeness (QED) is 0.742. The Hall–Kier alpha value is -0.380. The SMILES string of the molecule is COCCNCCCCc1ccc(Br)cc1. The summed E-state index contributed by atoms with van der Waals surface area (Å²) in [4.78, 5) is 0. The fourth-order valence-electron chi connectivity index (χ4n) is 1.53. The summed E-state index contributed by atoms with van der Waals surface area (Å²) >= 11 is 3.44. The lowest BCUT2D eigenvalue weighted by Gasteiger charge is -2.04. The number of benzene rings is 1. The highest BCUT2D eigenvalue weighted by molar-refractivity contribution is 9.10. The molecule has 0 atom stereocenters. The third-order valence-electron chi connectivity index (χ3n) is 2.47. The van der Waals surface area contributed by atoms with Crippen molar-refractivity contribution < 1.29 is 4.74 Å². The van der Waals surface area contributed by atoms with Crippen molar-refractivity contribution in [1.29, 1.82) is 0 Å². The van der Waals surface area contributed by atoms with E-state index in [9.17, 15) is 0 Å². The molecule has 0 aromatic heterocycles. The second-order valence-corrected chi connectivity index (χ2v) is 4.74. The molecule has 0 spiro atoms. The van der Waals surface area contributed by atoms with E-state index in [-0.39, 0.29) is 0 Å². The first-order chi connectivity index (χ1) is 7.83. The average Bonchev–Trinajstić information content (AvgIpc) is 2.30. The highest BCUT2D eigenvalue weighted by Gasteiger charge is 1.93. The first kappa shape index (κ1) is 13.7. The van der Waals surface area contributed by atoms with Crippen LogP contribution in [-0.4, -0.2) is 26.8 Å². The van der Waals surface area contributed by atoms with Gasteiger partial charge >= 0.3 is 0 Å². The minimum Gasteiger partial charge on any atom is -0.383 e. The maximum absolute atomic E-state index is 4.96. The van der Waals surface area contributed by atoms with Crippen LogP contribution in [0.2, 0.25) is 0 Å². The van der Waals surface area contributed by atoms with E-state index in [2.05, 4.69) is 45.5 Å². The minimum absolute atomic E-state index is 0.798. The van der Waals surface area contributed by atoms with E-state index >= 15 is 0 Å². The van der Waals surface area contributed by atoms with Gasteiger partial charge in [0.2, 0.25) is 0 Å². The molecule has 1 aromatic carbocycles. The van der Waals surface area contributed by atoms with Gasteiger partial charge in [-0.25, -0.2) is 0 Å². The summed E-state index contributed by atoms with van der Waals surface area (Å²) in [5.41, 5.74) is 1.42. The molecule has 0 saturated heterocycles. The van der Waals surface area contributed by atoms with Gasteiger partial charge in [-0.15, -0.1) is 0 Å². The topological polar surface area (TPSA) is 21.3 Å². The van der Waals surface area contributed by atoms with Crippen LogP contribution in [0.3, 0.4) is 0 Å². The van der Waals surface area contributed by atoms with Gasteiger partial charge in [-0.1, -0.05) is 28.1 Å². The highest BCUT2D eigenvalue weighted by Crippen LogP contribution is 2.12. The zero-order chi connectivity index (χ0) is 11.6. The second-order valence-electron chi connectivity index (χ2n) is 3.83. The molecule has 90 valence electrons. The predicted molar refractivity (Wildman–Crippen MR) is 71.8 cm³/mol. The average molecular weight is 286 g/mol.